The normalized spacial score (nSPS) is 13.3. The summed E-state index contributed by atoms with van der Waals surface area (Å²) in [6.45, 7) is 4.56. The minimum atomic E-state index is -0.782. The third-order valence-corrected chi connectivity index (χ3v) is 9.05. The molecule has 0 aliphatic rings. The summed E-state index contributed by atoms with van der Waals surface area (Å²) in [6, 6.07) is 19.0. The van der Waals surface area contributed by atoms with Gasteiger partial charge in [0, 0.05) is 42.2 Å². The summed E-state index contributed by atoms with van der Waals surface area (Å²) in [5.41, 5.74) is 12.2. The van der Waals surface area contributed by atoms with Gasteiger partial charge < -0.3 is 21.3 Å². The molecule has 3 unspecified atom stereocenters. The van der Waals surface area contributed by atoms with Crippen LogP contribution >= 0.6 is 22.7 Å². The Morgan fingerprint density at radius 3 is 2.16 bits per heavy atom. The molecule has 0 aliphatic carbocycles. The minimum Gasteiger partial charge on any atom is -0.351 e. The number of nitrogens with one attached hydrogen (secondary N) is 2. The van der Waals surface area contributed by atoms with Gasteiger partial charge in [-0.2, -0.15) is 0 Å². The van der Waals surface area contributed by atoms with Gasteiger partial charge in [0.1, 0.15) is 6.04 Å². The number of nitrogens with zero attached hydrogens (tertiary/aromatic N) is 3. The van der Waals surface area contributed by atoms with Gasteiger partial charge in [0.2, 0.25) is 5.91 Å². The van der Waals surface area contributed by atoms with Crippen molar-refractivity contribution in [3.8, 4) is 0 Å². The Labute approximate surface area is 262 Å². The predicted octanol–water partition coefficient (Wildman–Crippen LogP) is 5.55. The molecule has 0 saturated heterocycles. The zero-order valence-corrected chi connectivity index (χ0v) is 26.7. The summed E-state index contributed by atoms with van der Waals surface area (Å²) >= 11 is 3.06. The molecule has 2 aromatic heterocycles. The quantitative estimate of drug-likeness (QED) is 0.162. The molecular formula is C33H42N6O2S2. The molecule has 4 rings (SSSR count). The van der Waals surface area contributed by atoms with Crippen LogP contribution in [0.25, 0.3) is 0 Å². The zero-order chi connectivity index (χ0) is 30.6. The van der Waals surface area contributed by atoms with Crippen molar-refractivity contribution in [3.63, 3.8) is 0 Å². The summed E-state index contributed by atoms with van der Waals surface area (Å²) in [7, 11) is 1.72. The number of urea groups is 1. The molecule has 0 fully saturated rings. The second kappa shape index (κ2) is 16.3. The highest BCUT2D eigenvalue weighted by atomic mass is 32.1. The molecule has 8 nitrogen and oxygen atoms in total. The number of hydrogen-bond donors (Lipinski definition) is 3. The van der Waals surface area contributed by atoms with Gasteiger partial charge in [-0.05, 0) is 36.8 Å². The van der Waals surface area contributed by atoms with E-state index in [0.717, 1.165) is 34.8 Å². The molecule has 0 aliphatic heterocycles. The van der Waals surface area contributed by atoms with Crippen LogP contribution in [-0.4, -0.2) is 52.0 Å². The average molecular weight is 619 g/mol. The number of benzene rings is 2. The van der Waals surface area contributed by atoms with Gasteiger partial charge in [-0.1, -0.05) is 74.5 Å². The number of nitrogens with two attached hydrogens (primary N) is 1. The van der Waals surface area contributed by atoms with E-state index in [4.69, 9.17) is 5.73 Å². The highest BCUT2D eigenvalue weighted by Crippen LogP contribution is 2.20. The molecule has 3 amide bonds. The van der Waals surface area contributed by atoms with Crippen LogP contribution in [0.15, 0.2) is 76.9 Å². The van der Waals surface area contributed by atoms with Gasteiger partial charge in [-0.3, -0.25) is 4.79 Å². The zero-order valence-electron chi connectivity index (χ0n) is 25.1. The first-order valence-corrected chi connectivity index (χ1v) is 16.6. The van der Waals surface area contributed by atoms with Gasteiger partial charge in [0.25, 0.3) is 0 Å². The highest BCUT2D eigenvalue weighted by molar-refractivity contribution is 7.09. The van der Waals surface area contributed by atoms with Gasteiger partial charge >= 0.3 is 6.03 Å². The Balaban J connectivity index is 1.43. The fraction of sp³-hybridized carbons (Fsp3) is 0.394. The average Bonchev–Trinajstić information content (AvgIpc) is 3.69. The topological polar surface area (TPSA) is 113 Å². The van der Waals surface area contributed by atoms with E-state index in [9.17, 15) is 9.59 Å². The summed E-state index contributed by atoms with van der Waals surface area (Å²) in [6.07, 6.45) is 3.22. The van der Waals surface area contributed by atoms with Crippen molar-refractivity contribution >= 4 is 34.6 Å². The molecule has 4 N–H and O–H groups in total. The Morgan fingerprint density at radius 1 is 0.884 bits per heavy atom. The third-order valence-electron chi connectivity index (χ3n) is 7.22. The largest absolute Gasteiger partial charge is 0.351 e. The van der Waals surface area contributed by atoms with Gasteiger partial charge in [0.15, 0.2) is 0 Å². The van der Waals surface area contributed by atoms with Crippen LogP contribution in [-0.2, 0) is 30.6 Å². The van der Waals surface area contributed by atoms with Gasteiger partial charge in [-0.15, -0.1) is 22.7 Å². The molecule has 4 aromatic rings. The lowest BCUT2D eigenvalue weighted by molar-refractivity contribution is -0.123. The number of carbonyl (C=O) groups excluding carboxylic acids is 2. The monoisotopic (exact) mass is 618 g/mol. The third kappa shape index (κ3) is 10.6. The molecule has 0 spiro atoms. The van der Waals surface area contributed by atoms with E-state index in [2.05, 4.69) is 58.7 Å². The van der Waals surface area contributed by atoms with Crippen molar-refractivity contribution in [2.45, 2.75) is 76.5 Å². The molecule has 0 saturated carbocycles. The lowest BCUT2D eigenvalue weighted by Crippen LogP contribution is -2.53. The van der Waals surface area contributed by atoms with E-state index < -0.39 is 6.04 Å². The second-order valence-electron chi connectivity index (χ2n) is 11.3. The van der Waals surface area contributed by atoms with Crippen LogP contribution in [0.1, 0.15) is 60.1 Å². The molecule has 0 bridgehead atoms. The Kier molecular flexibility index (Phi) is 12.3. The fourth-order valence-corrected chi connectivity index (χ4v) is 6.25. The highest BCUT2D eigenvalue weighted by Gasteiger charge is 2.26. The summed E-state index contributed by atoms with van der Waals surface area (Å²) in [4.78, 5) is 37.6. The smallest absolute Gasteiger partial charge is 0.318 e. The molecule has 228 valence electrons. The Hall–Kier alpha value is -3.60. The van der Waals surface area contributed by atoms with Crippen molar-refractivity contribution in [3.05, 3.63) is 104 Å². The van der Waals surface area contributed by atoms with Crippen LogP contribution in [0.4, 0.5) is 4.79 Å². The Bertz CT molecular complexity index is 1400. The summed E-state index contributed by atoms with van der Waals surface area (Å²) in [5.74, 6) is 0.101. The minimum absolute atomic E-state index is 0.0290. The van der Waals surface area contributed by atoms with E-state index in [-0.39, 0.29) is 24.0 Å². The number of aromatic nitrogens is 2. The van der Waals surface area contributed by atoms with E-state index in [1.54, 1.807) is 28.8 Å². The fourth-order valence-electron chi connectivity index (χ4n) is 4.85. The lowest BCUT2D eigenvalue weighted by Gasteiger charge is -2.26. The van der Waals surface area contributed by atoms with Crippen molar-refractivity contribution in [2.24, 2.45) is 5.73 Å². The van der Waals surface area contributed by atoms with E-state index in [1.807, 2.05) is 47.2 Å². The molecule has 2 heterocycles. The standard InChI is InChI=1S/C33H42N6O2S2/c1-23(2)32-37-29(21-43-32)19-39(3)33(41)38-30(18-28-20-42-22-35-28)31(40)36-27(17-25-12-8-5-9-13-25)15-14-26(34)16-24-10-6-4-7-11-24/h4-13,20-23,26-27,30H,14-19,34H2,1-3H3,(H,36,40)(H,38,41). The predicted molar refractivity (Wildman–Crippen MR) is 175 cm³/mol. The van der Waals surface area contributed by atoms with Crippen LogP contribution in [0.2, 0.25) is 0 Å². The van der Waals surface area contributed by atoms with Gasteiger partial charge in [-0.25, -0.2) is 14.8 Å². The molecule has 3 atom stereocenters. The van der Waals surface area contributed by atoms with Gasteiger partial charge in [0.05, 0.1) is 28.5 Å². The second-order valence-corrected chi connectivity index (χ2v) is 12.9. The van der Waals surface area contributed by atoms with Crippen LogP contribution in [0.5, 0.6) is 0 Å². The molecule has 2 aromatic carbocycles. The number of hydrogen-bond acceptors (Lipinski definition) is 7. The first-order chi connectivity index (χ1) is 20.8. The number of amides is 3. The maximum absolute atomic E-state index is 13.8. The number of carbonyl (C=O) groups is 2. The molecular weight excluding hydrogens is 577 g/mol. The number of thiazole rings is 2. The molecule has 43 heavy (non-hydrogen) atoms. The summed E-state index contributed by atoms with van der Waals surface area (Å²) in [5, 5.41) is 11.1. The van der Waals surface area contributed by atoms with Crippen molar-refractivity contribution in [1.82, 2.24) is 25.5 Å². The molecule has 10 heteroatoms. The van der Waals surface area contributed by atoms with Crippen LogP contribution < -0.4 is 16.4 Å². The lowest BCUT2D eigenvalue weighted by atomic mass is 9.96. The van der Waals surface area contributed by atoms with Crippen LogP contribution in [0.3, 0.4) is 0 Å². The van der Waals surface area contributed by atoms with E-state index in [1.165, 1.54) is 16.9 Å². The van der Waals surface area contributed by atoms with Crippen molar-refractivity contribution < 1.29 is 9.59 Å². The Morgan fingerprint density at radius 2 is 1.56 bits per heavy atom. The first kappa shape index (κ1) is 32.3. The van der Waals surface area contributed by atoms with E-state index in [0.29, 0.717) is 31.7 Å². The SMILES string of the molecule is CC(C)c1nc(CN(C)C(=O)NC(Cc2cscn2)C(=O)NC(CCC(N)Cc2ccccc2)Cc2ccccc2)cs1. The van der Waals surface area contributed by atoms with Crippen molar-refractivity contribution in [1.29, 1.82) is 0 Å². The number of rotatable bonds is 15. The maximum atomic E-state index is 13.8. The summed E-state index contributed by atoms with van der Waals surface area (Å²) < 4.78 is 0. The van der Waals surface area contributed by atoms with Crippen molar-refractivity contribution in [2.75, 3.05) is 7.05 Å². The first-order valence-electron chi connectivity index (χ1n) is 14.7. The maximum Gasteiger partial charge on any atom is 0.318 e. The van der Waals surface area contributed by atoms with E-state index >= 15 is 0 Å². The molecule has 0 radical (unpaired) electrons. The van der Waals surface area contributed by atoms with Crippen LogP contribution in [0, 0.1) is 0 Å².